The molecule has 2 rings (SSSR count). The number of nitrogens with one attached hydrogen (secondary N) is 1. The summed E-state index contributed by atoms with van der Waals surface area (Å²) in [5.74, 6) is -1.65. The lowest BCUT2D eigenvalue weighted by molar-refractivity contribution is -0.137. The van der Waals surface area contributed by atoms with Gasteiger partial charge in [-0.05, 0) is 24.1 Å². The van der Waals surface area contributed by atoms with Crippen LogP contribution in [0.3, 0.4) is 0 Å². The number of carbonyl (C=O) groups excluding carboxylic acids is 2. The fraction of sp³-hybridized carbons (Fsp3) is 0.429. The van der Waals surface area contributed by atoms with Gasteiger partial charge in [-0.2, -0.15) is 0 Å². The summed E-state index contributed by atoms with van der Waals surface area (Å²) in [4.78, 5) is 23.4. The first-order valence-corrected chi connectivity index (χ1v) is 6.69. The summed E-state index contributed by atoms with van der Waals surface area (Å²) < 4.78 is 13.5. The van der Waals surface area contributed by atoms with E-state index in [0.29, 0.717) is 12.0 Å². The first-order chi connectivity index (χ1) is 9.02. The molecular weight excluding hydrogens is 269 g/mol. The van der Waals surface area contributed by atoms with Crippen LogP contribution >= 0.6 is 11.6 Å². The Morgan fingerprint density at radius 2 is 2.16 bits per heavy atom. The SMILES string of the molecule is CCCC1C(=O)NC(=O)CC1c1ccc(Cl)c(F)c1. The molecule has 3 nitrogen and oxygen atoms in total. The number of carbonyl (C=O) groups is 2. The summed E-state index contributed by atoms with van der Waals surface area (Å²) in [5.41, 5.74) is 0.656. The smallest absolute Gasteiger partial charge is 0.230 e. The molecule has 5 heteroatoms. The molecule has 2 atom stereocenters. The molecule has 19 heavy (non-hydrogen) atoms. The molecule has 0 aliphatic carbocycles. The van der Waals surface area contributed by atoms with Crippen molar-refractivity contribution in [1.82, 2.24) is 5.32 Å². The predicted octanol–water partition coefficient (Wildman–Crippen LogP) is 3.03. The summed E-state index contributed by atoms with van der Waals surface area (Å²) in [6, 6.07) is 4.47. The highest BCUT2D eigenvalue weighted by Gasteiger charge is 2.36. The zero-order chi connectivity index (χ0) is 14.0. The molecule has 2 unspecified atom stereocenters. The summed E-state index contributed by atoms with van der Waals surface area (Å²) in [6.07, 6.45) is 1.71. The van der Waals surface area contributed by atoms with Gasteiger partial charge in [0.2, 0.25) is 11.8 Å². The maximum Gasteiger partial charge on any atom is 0.230 e. The van der Waals surface area contributed by atoms with Crippen molar-refractivity contribution in [2.75, 3.05) is 0 Å². The van der Waals surface area contributed by atoms with Gasteiger partial charge in [0.25, 0.3) is 0 Å². The molecular formula is C14H15ClFNO2. The Bertz CT molecular complexity index is 518. The lowest BCUT2D eigenvalue weighted by atomic mass is 9.78. The summed E-state index contributed by atoms with van der Waals surface area (Å²) >= 11 is 5.65. The van der Waals surface area contributed by atoms with Gasteiger partial charge in [-0.15, -0.1) is 0 Å². The third kappa shape index (κ3) is 2.95. The van der Waals surface area contributed by atoms with Crippen LogP contribution in [0.4, 0.5) is 4.39 Å². The van der Waals surface area contributed by atoms with E-state index in [9.17, 15) is 14.0 Å². The van der Waals surface area contributed by atoms with Crippen LogP contribution in [0.15, 0.2) is 18.2 Å². The Morgan fingerprint density at radius 1 is 1.42 bits per heavy atom. The fourth-order valence-corrected chi connectivity index (χ4v) is 2.66. The largest absolute Gasteiger partial charge is 0.296 e. The van der Waals surface area contributed by atoms with E-state index >= 15 is 0 Å². The number of hydrogen-bond donors (Lipinski definition) is 1. The molecule has 0 bridgehead atoms. The number of benzene rings is 1. The number of imide groups is 1. The van der Waals surface area contributed by atoms with Crippen LogP contribution in [-0.4, -0.2) is 11.8 Å². The molecule has 0 spiro atoms. The van der Waals surface area contributed by atoms with Crippen molar-refractivity contribution in [2.45, 2.75) is 32.1 Å². The number of piperidine rings is 1. The van der Waals surface area contributed by atoms with Crippen LogP contribution < -0.4 is 5.32 Å². The maximum atomic E-state index is 13.5. The Kier molecular flexibility index (Phi) is 4.20. The lowest BCUT2D eigenvalue weighted by Crippen LogP contribution is -2.44. The van der Waals surface area contributed by atoms with E-state index in [1.165, 1.54) is 12.1 Å². The molecule has 0 radical (unpaired) electrons. The normalized spacial score (nSPS) is 23.3. The highest BCUT2D eigenvalue weighted by atomic mass is 35.5. The average molecular weight is 284 g/mol. The van der Waals surface area contributed by atoms with Crippen molar-refractivity contribution in [1.29, 1.82) is 0 Å². The Morgan fingerprint density at radius 3 is 2.79 bits per heavy atom. The summed E-state index contributed by atoms with van der Waals surface area (Å²) in [7, 11) is 0. The second-order valence-corrected chi connectivity index (χ2v) is 5.20. The number of halogens is 2. The Labute approximate surface area is 116 Å². The maximum absolute atomic E-state index is 13.5. The molecule has 0 aromatic heterocycles. The molecule has 0 saturated carbocycles. The van der Waals surface area contributed by atoms with E-state index in [2.05, 4.69) is 5.32 Å². The lowest BCUT2D eigenvalue weighted by Gasteiger charge is -2.30. The van der Waals surface area contributed by atoms with Gasteiger partial charge in [-0.1, -0.05) is 31.0 Å². The zero-order valence-electron chi connectivity index (χ0n) is 10.6. The topological polar surface area (TPSA) is 46.2 Å². The van der Waals surface area contributed by atoms with Crippen molar-refractivity contribution in [2.24, 2.45) is 5.92 Å². The highest BCUT2D eigenvalue weighted by molar-refractivity contribution is 6.30. The molecule has 1 saturated heterocycles. The van der Waals surface area contributed by atoms with Crippen LogP contribution in [0.5, 0.6) is 0 Å². The molecule has 1 aromatic rings. The van der Waals surface area contributed by atoms with Gasteiger partial charge < -0.3 is 0 Å². The van der Waals surface area contributed by atoms with Crippen LogP contribution in [-0.2, 0) is 9.59 Å². The minimum Gasteiger partial charge on any atom is -0.296 e. The summed E-state index contributed by atoms with van der Waals surface area (Å²) in [6.45, 7) is 1.98. The predicted molar refractivity (Wildman–Crippen MR) is 70.3 cm³/mol. The second kappa shape index (κ2) is 5.70. The van der Waals surface area contributed by atoms with Crippen molar-refractivity contribution in [3.8, 4) is 0 Å². The zero-order valence-corrected chi connectivity index (χ0v) is 11.3. The van der Waals surface area contributed by atoms with E-state index in [1.807, 2.05) is 6.92 Å². The molecule has 1 aliphatic rings. The highest BCUT2D eigenvalue weighted by Crippen LogP contribution is 2.35. The monoisotopic (exact) mass is 283 g/mol. The van der Waals surface area contributed by atoms with E-state index in [4.69, 9.17) is 11.6 Å². The minimum absolute atomic E-state index is 0.0439. The van der Waals surface area contributed by atoms with E-state index in [-0.39, 0.29) is 35.1 Å². The Hall–Kier alpha value is -1.42. The van der Waals surface area contributed by atoms with Gasteiger partial charge >= 0.3 is 0 Å². The van der Waals surface area contributed by atoms with Crippen molar-refractivity contribution in [3.63, 3.8) is 0 Å². The van der Waals surface area contributed by atoms with Gasteiger partial charge in [-0.25, -0.2) is 4.39 Å². The third-order valence-electron chi connectivity index (χ3n) is 3.46. The van der Waals surface area contributed by atoms with E-state index < -0.39 is 5.82 Å². The molecule has 1 aromatic carbocycles. The van der Waals surface area contributed by atoms with Gasteiger partial charge in [0.1, 0.15) is 5.82 Å². The minimum atomic E-state index is -0.521. The van der Waals surface area contributed by atoms with Crippen LogP contribution in [0.25, 0.3) is 0 Å². The van der Waals surface area contributed by atoms with Crippen molar-refractivity contribution in [3.05, 3.63) is 34.6 Å². The molecule has 1 heterocycles. The van der Waals surface area contributed by atoms with Crippen LogP contribution in [0, 0.1) is 11.7 Å². The third-order valence-corrected chi connectivity index (χ3v) is 3.77. The van der Waals surface area contributed by atoms with Gasteiger partial charge in [-0.3, -0.25) is 14.9 Å². The van der Waals surface area contributed by atoms with E-state index in [0.717, 1.165) is 6.42 Å². The standard InChI is InChI=1S/C14H15ClFNO2/c1-2-3-9-10(7-13(18)17-14(9)19)8-4-5-11(15)12(16)6-8/h4-6,9-10H,2-3,7H2,1H3,(H,17,18,19). The van der Waals surface area contributed by atoms with Gasteiger partial charge in [0.15, 0.2) is 0 Å². The average Bonchev–Trinajstić information content (AvgIpc) is 2.36. The number of amides is 2. The molecule has 1 N–H and O–H groups in total. The first kappa shape index (κ1) is 14.0. The van der Waals surface area contributed by atoms with Gasteiger partial charge in [0, 0.05) is 18.3 Å². The molecule has 2 amide bonds. The van der Waals surface area contributed by atoms with Crippen LogP contribution in [0.1, 0.15) is 37.7 Å². The van der Waals surface area contributed by atoms with Crippen molar-refractivity contribution >= 4 is 23.4 Å². The molecule has 1 aliphatic heterocycles. The summed E-state index contributed by atoms with van der Waals surface area (Å²) in [5, 5.41) is 2.39. The second-order valence-electron chi connectivity index (χ2n) is 4.79. The quantitative estimate of drug-likeness (QED) is 0.867. The molecule has 1 fully saturated rings. The molecule has 102 valence electrons. The van der Waals surface area contributed by atoms with Crippen molar-refractivity contribution < 1.29 is 14.0 Å². The number of hydrogen-bond acceptors (Lipinski definition) is 2. The van der Waals surface area contributed by atoms with Crippen LogP contribution in [0.2, 0.25) is 5.02 Å². The first-order valence-electron chi connectivity index (χ1n) is 6.31. The van der Waals surface area contributed by atoms with E-state index in [1.54, 1.807) is 6.07 Å². The van der Waals surface area contributed by atoms with Gasteiger partial charge in [0.05, 0.1) is 5.02 Å². The fourth-order valence-electron chi connectivity index (χ4n) is 2.54. The number of rotatable bonds is 3. The Balaban J connectivity index is 2.34.